The van der Waals surface area contributed by atoms with Gasteiger partial charge >= 0.3 is 5.97 Å². The number of aryl methyl sites for hydroxylation is 1. The number of hydrogen-bond acceptors (Lipinski definition) is 3. The molecule has 0 saturated carbocycles. The highest BCUT2D eigenvalue weighted by molar-refractivity contribution is 6.30. The molecule has 3 aromatic rings. The molecular weight excluding hydrogens is 381 g/mol. The predicted octanol–water partition coefficient (Wildman–Crippen LogP) is 5.68. The minimum Gasteiger partial charge on any atom is -0.489 e. The van der Waals surface area contributed by atoms with Crippen LogP contribution in [-0.4, -0.2) is 11.1 Å². The number of carboxylic acid groups (broad SMARTS) is 1. The molecule has 3 aromatic carbocycles. The summed E-state index contributed by atoms with van der Waals surface area (Å²) < 4.78 is 18.9. The maximum absolute atomic E-state index is 13.0. The normalized spacial score (nSPS) is 10.5. The summed E-state index contributed by atoms with van der Waals surface area (Å²) in [5.74, 6) is -0.577. The molecule has 28 heavy (non-hydrogen) atoms. The molecule has 144 valence electrons. The first-order valence-corrected chi connectivity index (χ1v) is 9.03. The third kappa shape index (κ3) is 5.02. The number of halogens is 2. The topological polar surface area (TPSA) is 58.6 Å². The van der Waals surface area contributed by atoms with Crippen LogP contribution in [0.5, 0.6) is 5.75 Å². The van der Waals surface area contributed by atoms with E-state index in [1.807, 2.05) is 13.0 Å². The van der Waals surface area contributed by atoms with Crippen LogP contribution in [-0.2, 0) is 13.2 Å². The number of carboxylic acids is 1. The van der Waals surface area contributed by atoms with Crippen LogP contribution in [0, 0.1) is 12.7 Å². The third-order valence-electron chi connectivity index (χ3n) is 4.27. The van der Waals surface area contributed by atoms with Crippen molar-refractivity contribution in [3.8, 4) is 5.75 Å². The molecule has 2 N–H and O–H groups in total. The first-order valence-electron chi connectivity index (χ1n) is 8.66. The smallest absolute Gasteiger partial charge is 0.335 e. The Morgan fingerprint density at radius 3 is 2.54 bits per heavy atom. The first kappa shape index (κ1) is 19.7. The number of aromatic carboxylic acids is 1. The second-order valence-corrected chi connectivity index (χ2v) is 6.79. The van der Waals surface area contributed by atoms with Gasteiger partial charge in [-0.05, 0) is 66.6 Å². The van der Waals surface area contributed by atoms with Crippen LogP contribution >= 0.6 is 11.6 Å². The van der Waals surface area contributed by atoms with E-state index in [-0.39, 0.29) is 11.4 Å². The molecule has 0 spiro atoms. The second kappa shape index (κ2) is 8.76. The zero-order valence-electron chi connectivity index (χ0n) is 15.2. The van der Waals surface area contributed by atoms with Gasteiger partial charge in [0.1, 0.15) is 18.2 Å². The number of nitrogens with one attached hydrogen (secondary N) is 1. The van der Waals surface area contributed by atoms with Gasteiger partial charge < -0.3 is 15.2 Å². The van der Waals surface area contributed by atoms with E-state index in [9.17, 15) is 9.18 Å². The van der Waals surface area contributed by atoms with Crippen molar-refractivity contribution in [2.75, 3.05) is 5.32 Å². The third-order valence-corrected chi connectivity index (χ3v) is 4.51. The second-order valence-electron chi connectivity index (χ2n) is 6.36. The van der Waals surface area contributed by atoms with Crippen LogP contribution in [0.1, 0.15) is 27.0 Å². The summed E-state index contributed by atoms with van der Waals surface area (Å²) >= 11 is 6.13. The molecule has 0 amide bonds. The quantitative estimate of drug-likeness (QED) is 0.536. The largest absolute Gasteiger partial charge is 0.489 e. The van der Waals surface area contributed by atoms with Crippen LogP contribution in [0.15, 0.2) is 60.7 Å². The maximum Gasteiger partial charge on any atom is 0.335 e. The highest BCUT2D eigenvalue weighted by Gasteiger charge is 2.09. The van der Waals surface area contributed by atoms with E-state index in [0.717, 1.165) is 22.4 Å². The first-order chi connectivity index (χ1) is 13.4. The van der Waals surface area contributed by atoms with Gasteiger partial charge in [-0.15, -0.1) is 0 Å². The minimum absolute atomic E-state index is 0.245. The molecule has 0 aliphatic rings. The lowest BCUT2D eigenvalue weighted by molar-refractivity contribution is 0.0697. The summed E-state index contributed by atoms with van der Waals surface area (Å²) in [6.45, 7) is 2.60. The maximum atomic E-state index is 13.0. The lowest BCUT2D eigenvalue weighted by Gasteiger charge is -2.15. The summed E-state index contributed by atoms with van der Waals surface area (Å²) in [5, 5.41) is 12.9. The van der Waals surface area contributed by atoms with E-state index in [1.165, 1.54) is 12.1 Å². The molecule has 0 heterocycles. The van der Waals surface area contributed by atoms with E-state index in [0.29, 0.717) is 23.9 Å². The molecule has 0 atom stereocenters. The minimum atomic E-state index is -0.957. The van der Waals surface area contributed by atoms with Gasteiger partial charge in [0, 0.05) is 22.8 Å². The van der Waals surface area contributed by atoms with Gasteiger partial charge in [0.25, 0.3) is 0 Å². The number of hydrogen-bond donors (Lipinski definition) is 2. The zero-order chi connectivity index (χ0) is 20.1. The zero-order valence-corrected chi connectivity index (χ0v) is 16.0. The van der Waals surface area contributed by atoms with Gasteiger partial charge in [-0.25, -0.2) is 9.18 Å². The van der Waals surface area contributed by atoms with Crippen LogP contribution in [0.4, 0.5) is 10.1 Å². The van der Waals surface area contributed by atoms with Gasteiger partial charge in [-0.1, -0.05) is 23.7 Å². The summed E-state index contributed by atoms with van der Waals surface area (Å²) in [7, 11) is 0. The van der Waals surface area contributed by atoms with Crippen molar-refractivity contribution in [3.05, 3.63) is 93.8 Å². The summed E-state index contributed by atoms with van der Waals surface area (Å²) in [6, 6.07) is 16.4. The van der Waals surface area contributed by atoms with Crippen molar-refractivity contribution in [2.45, 2.75) is 20.1 Å². The van der Waals surface area contributed by atoms with E-state index >= 15 is 0 Å². The predicted molar refractivity (Wildman–Crippen MR) is 108 cm³/mol. The fourth-order valence-corrected chi connectivity index (χ4v) is 2.95. The number of anilines is 1. The Labute approximate surface area is 167 Å². The molecule has 0 fully saturated rings. The van der Waals surface area contributed by atoms with Crippen LogP contribution in [0.2, 0.25) is 5.02 Å². The molecule has 0 bridgehead atoms. The molecule has 4 nitrogen and oxygen atoms in total. The molecule has 3 rings (SSSR count). The summed E-state index contributed by atoms with van der Waals surface area (Å²) in [5.41, 5.74) is 3.62. The molecule has 0 aliphatic heterocycles. The van der Waals surface area contributed by atoms with Gasteiger partial charge in [0.15, 0.2) is 0 Å². The Balaban J connectivity index is 1.72. The number of rotatable bonds is 7. The van der Waals surface area contributed by atoms with Gasteiger partial charge in [0.05, 0.1) is 5.56 Å². The Bertz CT molecular complexity index is 990. The fraction of sp³-hybridized carbons (Fsp3) is 0.136. The summed E-state index contributed by atoms with van der Waals surface area (Å²) in [4.78, 5) is 11.1. The monoisotopic (exact) mass is 399 g/mol. The summed E-state index contributed by atoms with van der Waals surface area (Å²) in [6.07, 6.45) is 0. The van der Waals surface area contributed by atoms with Gasteiger partial charge in [-0.3, -0.25) is 0 Å². The molecule has 0 radical (unpaired) electrons. The van der Waals surface area contributed by atoms with E-state index in [2.05, 4.69) is 5.32 Å². The highest BCUT2D eigenvalue weighted by atomic mass is 35.5. The van der Waals surface area contributed by atoms with Crippen molar-refractivity contribution < 1.29 is 19.0 Å². The van der Waals surface area contributed by atoms with E-state index in [4.69, 9.17) is 21.4 Å². The van der Waals surface area contributed by atoms with Crippen molar-refractivity contribution in [3.63, 3.8) is 0 Å². The average molecular weight is 400 g/mol. The molecule has 0 unspecified atom stereocenters. The van der Waals surface area contributed by atoms with Crippen molar-refractivity contribution in [1.82, 2.24) is 0 Å². The van der Waals surface area contributed by atoms with Gasteiger partial charge in [-0.2, -0.15) is 0 Å². The molecule has 6 heteroatoms. The SMILES string of the molecule is Cc1cc(C(=O)O)ccc1NCc1cc(Cl)ccc1OCc1ccc(F)cc1. The van der Waals surface area contributed by atoms with Gasteiger partial charge in [0.2, 0.25) is 0 Å². The Kier molecular flexibility index (Phi) is 6.16. The molecule has 0 aromatic heterocycles. The molecular formula is C22H19ClFNO3. The number of carbonyl (C=O) groups is 1. The lowest BCUT2D eigenvalue weighted by Crippen LogP contribution is -2.06. The van der Waals surface area contributed by atoms with E-state index < -0.39 is 5.97 Å². The van der Waals surface area contributed by atoms with Crippen LogP contribution < -0.4 is 10.1 Å². The molecule has 0 aliphatic carbocycles. The Morgan fingerprint density at radius 2 is 1.86 bits per heavy atom. The standard InChI is InChI=1S/C22H19ClFNO3/c1-14-10-16(22(26)27)4-8-20(14)25-12-17-11-18(23)5-9-21(17)28-13-15-2-6-19(24)7-3-15/h2-11,25H,12-13H2,1H3,(H,26,27). The van der Waals surface area contributed by atoms with Crippen LogP contribution in [0.3, 0.4) is 0 Å². The number of benzene rings is 3. The van der Waals surface area contributed by atoms with Crippen LogP contribution in [0.25, 0.3) is 0 Å². The highest BCUT2D eigenvalue weighted by Crippen LogP contribution is 2.26. The van der Waals surface area contributed by atoms with Crippen molar-refractivity contribution >= 4 is 23.3 Å². The number of ether oxygens (including phenoxy) is 1. The fourth-order valence-electron chi connectivity index (χ4n) is 2.75. The van der Waals surface area contributed by atoms with Crippen molar-refractivity contribution in [2.24, 2.45) is 0 Å². The lowest BCUT2D eigenvalue weighted by atomic mass is 10.1. The molecule has 0 saturated heterocycles. The van der Waals surface area contributed by atoms with E-state index in [1.54, 1.807) is 42.5 Å². The Hall–Kier alpha value is -3.05. The average Bonchev–Trinajstić information content (AvgIpc) is 2.67. The van der Waals surface area contributed by atoms with Crippen molar-refractivity contribution in [1.29, 1.82) is 0 Å². The Morgan fingerprint density at radius 1 is 1.11 bits per heavy atom.